The lowest BCUT2D eigenvalue weighted by Crippen LogP contribution is -2.42. The van der Waals surface area contributed by atoms with E-state index in [2.05, 4.69) is 24.4 Å². The molecule has 0 aliphatic heterocycles. The van der Waals surface area contributed by atoms with Crippen LogP contribution in [0.1, 0.15) is 59.1 Å². The summed E-state index contributed by atoms with van der Waals surface area (Å²) in [5.74, 6) is 0.892. The highest BCUT2D eigenvalue weighted by Crippen LogP contribution is 2.28. The first kappa shape index (κ1) is 19.6. The average Bonchev–Trinajstić information content (AvgIpc) is 3.35. The molecule has 2 rings (SSSR count). The van der Waals surface area contributed by atoms with E-state index in [4.69, 9.17) is 9.47 Å². The lowest BCUT2D eigenvalue weighted by Gasteiger charge is -2.28. The van der Waals surface area contributed by atoms with Gasteiger partial charge in [0.1, 0.15) is 11.4 Å². The van der Waals surface area contributed by atoms with E-state index in [1.807, 2.05) is 44.7 Å². The van der Waals surface area contributed by atoms with Gasteiger partial charge in [-0.3, -0.25) is 0 Å². The molecule has 25 heavy (non-hydrogen) atoms. The molecule has 1 aromatic carbocycles. The van der Waals surface area contributed by atoms with Crippen LogP contribution < -0.4 is 10.1 Å². The molecule has 1 saturated carbocycles. The van der Waals surface area contributed by atoms with E-state index < -0.39 is 5.60 Å². The normalized spacial score (nSPS) is 15.6. The highest BCUT2D eigenvalue weighted by atomic mass is 16.6. The second-order valence-corrected chi connectivity index (χ2v) is 7.58. The quantitative estimate of drug-likeness (QED) is 0.767. The van der Waals surface area contributed by atoms with Crippen molar-refractivity contribution in [2.75, 3.05) is 19.7 Å². The van der Waals surface area contributed by atoms with Gasteiger partial charge in [0.15, 0.2) is 0 Å². The first-order valence-corrected chi connectivity index (χ1v) is 9.26. The van der Waals surface area contributed by atoms with Gasteiger partial charge in [0, 0.05) is 25.2 Å². The molecule has 140 valence electrons. The van der Waals surface area contributed by atoms with Crippen LogP contribution in [0, 0.1) is 0 Å². The maximum atomic E-state index is 12.3. The van der Waals surface area contributed by atoms with Gasteiger partial charge in [-0.05, 0) is 65.2 Å². The number of carbonyl (C=O) groups is 1. The third-order valence-electron chi connectivity index (χ3n) is 4.11. The van der Waals surface area contributed by atoms with Crippen molar-refractivity contribution >= 4 is 6.09 Å². The standard InChI is InChI=1S/C20H32N2O3/c1-6-24-18-11-7-16(8-12-18)15(2)21-13-14-22(17-9-10-17)19(23)25-20(3,4)5/h7-8,11-12,15,17,21H,6,9-10,13-14H2,1-5H3. The smallest absolute Gasteiger partial charge is 0.410 e. The Morgan fingerprint density at radius 1 is 1.28 bits per heavy atom. The zero-order valence-electron chi connectivity index (χ0n) is 16.2. The fourth-order valence-corrected chi connectivity index (χ4v) is 2.67. The van der Waals surface area contributed by atoms with Crippen molar-refractivity contribution in [1.29, 1.82) is 0 Å². The highest BCUT2D eigenvalue weighted by Gasteiger charge is 2.34. The van der Waals surface area contributed by atoms with Crippen molar-refractivity contribution < 1.29 is 14.3 Å². The zero-order chi connectivity index (χ0) is 18.4. The molecule has 1 aliphatic carbocycles. The van der Waals surface area contributed by atoms with Crippen molar-refractivity contribution in [3.05, 3.63) is 29.8 Å². The molecule has 5 heteroatoms. The topological polar surface area (TPSA) is 50.8 Å². The van der Waals surface area contributed by atoms with Gasteiger partial charge in [0.25, 0.3) is 0 Å². The Bertz CT molecular complexity index is 547. The summed E-state index contributed by atoms with van der Waals surface area (Å²) >= 11 is 0. The van der Waals surface area contributed by atoms with Crippen LogP contribution in [0.2, 0.25) is 0 Å². The summed E-state index contributed by atoms with van der Waals surface area (Å²) in [6, 6.07) is 8.71. The fourth-order valence-electron chi connectivity index (χ4n) is 2.67. The van der Waals surface area contributed by atoms with E-state index in [9.17, 15) is 4.79 Å². The number of benzene rings is 1. The first-order valence-electron chi connectivity index (χ1n) is 9.26. The molecule has 0 saturated heterocycles. The fraction of sp³-hybridized carbons (Fsp3) is 0.650. The molecule has 1 atom stereocenters. The van der Waals surface area contributed by atoms with Gasteiger partial charge < -0.3 is 19.7 Å². The van der Waals surface area contributed by atoms with Gasteiger partial charge in [-0.25, -0.2) is 4.79 Å². The molecule has 5 nitrogen and oxygen atoms in total. The summed E-state index contributed by atoms with van der Waals surface area (Å²) in [6.45, 7) is 11.9. The van der Waals surface area contributed by atoms with E-state index in [0.717, 1.165) is 25.1 Å². The van der Waals surface area contributed by atoms with Gasteiger partial charge in [0.05, 0.1) is 6.61 Å². The molecular formula is C20H32N2O3. The molecule has 1 amide bonds. The van der Waals surface area contributed by atoms with E-state index in [1.54, 1.807) is 0 Å². The van der Waals surface area contributed by atoms with Crippen LogP contribution in [0.15, 0.2) is 24.3 Å². The van der Waals surface area contributed by atoms with Crippen molar-refractivity contribution in [3.63, 3.8) is 0 Å². The Balaban J connectivity index is 1.81. The third-order valence-corrected chi connectivity index (χ3v) is 4.11. The first-order chi connectivity index (χ1) is 11.8. The molecule has 0 radical (unpaired) electrons. The van der Waals surface area contributed by atoms with Crippen LogP contribution in [-0.4, -0.2) is 42.3 Å². The highest BCUT2D eigenvalue weighted by molar-refractivity contribution is 5.69. The van der Waals surface area contributed by atoms with E-state index in [-0.39, 0.29) is 12.1 Å². The van der Waals surface area contributed by atoms with Gasteiger partial charge in [0.2, 0.25) is 0 Å². The number of nitrogens with one attached hydrogen (secondary N) is 1. The number of hydrogen-bond donors (Lipinski definition) is 1. The maximum Gasteiger partial charge on any atom is 0.410 e. The van der Waals surface area contributed by atoms with E-state index in [1.165, 1.54) is 5.56 Å². The number of nitrogens with zero attached hydrogens (tertiary/aromatic N) is 1. The summed E-state index contributed by atoms with van der Waals surface area (Å²) < 4.78 is 11.0. The van der Waals surface area contributed by atoms with Gasteiger partial charge >= 0.3 is 6.09 Å². The van der Waals surface area contributed by atoms with Crippen LogP contribution >= 0.6 is 0 Å². The van der Waals surface area contributed by atoms with Gasteiger partial charge in [-0.2, -0.15) is 0 Å². The van der Waals surface area contributed by atoms with E-state index in [0.29, 0.717) is 19.2 Å². The largest absolute Gasteiger partial charge is 0.494 e. The Kier molecular flexibility index (Phi) is 6.71. The summed E-state index contributed by atoms with van der Waals surface area (Å²) in [7, 11) is 0. The summed E-state index contributed by atoms with van der Waals surface area (Å²) in [5, 5.41) is 3.49. The minimum Gasteiger partial charge on any atom is -0.494 e. The molecular weight excluding hydrogens is 316 g/mol. The predicted molar refractivity (Wildman–Crippen MR) is 100.0 cm³/mol. The van der Waals surface area contributed by atoms with Crippen LogP contribution in [-0.2, 0) is 4.74 Å². The molecule has 0 heterocycles. The van der Waals surface area contributed by atoms with Crippen LogP contribution in [0.5, 0.6) is 5.75 Å². The zero-order valence-corrected chi connectivity index (χ0v) is 16.2. The molecule has 1 aliphatic rings. The van der Waals surface area contributed by atoms with Gasteiger partial charge in [-0.1, -0.05) is 12.1 Å². The van der Waals surface area contributed by atoms with Crippen molar-refractivity contribution in [2.45, 2.75) is 65.1 Å². The third kappa shape index (κ3) is 6.58. The molecule has 0 bridgehead atoms. The minimum atomic E-state index is -0.451. The Morgan fingerprint density at radius 2 is 1.92 bits per heavy atom. The number of amides is 1. The maximum absolute atomic E-state index is 12.3. The van der Waals surface area contributed by atoms with Crippen LogP contribution in [0.25, 0.3) is 0 Å². The van der Waals surface area contributed by atoms with Gasteiger partial charge in [-0.15, -0.1) is 0 Å². The molecule has 1 aromatic rings. The van der Waals surface area contributed by atoms with Crippen LogP contribution in [0.4, 0.5) is 4.79 Å². The molecule has 1 unspecified atom stereocenters. The Hall–Kier alpha value is -1.75. The second kappa shape index (κ2) is 8.56. The molecule has 1 fully saturated rings. The van der Waals surface area contributed by atoms with Crippen molar-refractivity contribution in [2.24, 2.45) is 0 Å². The molecule has 0 spiro atoms. The second-order valence-electron chi connectivity index (χ2n) is 7.58. The van der Waals surface area contributed by atoms with Crippen molar-refractivity contribution in [1.82, 2.24) is 10.2 Å². The lowest BCUT2D eigenvalue weighted by atomic mass is 10.1. The average molecular weight is 348 g/mol. The molecule has 1 N–H and O–H groups in total. The summed E-state index contributed by atoms with van der Waals surface area (Å²) in [5.41, 5.74) is 0.756. The summed E-state index contributed by atoms with van der Waals surface area (Å²) in [4.78, 5) is 14.2. The van der Waals surface area contributed by atoms with Crippen LogP contribution in [0.3, 0.4) is 0 Å². The number of rotatable bonds is 8. The number of ether oxygens (including phenoxy) is 2. The summed E-state index contributed by atoms with van der Waals surface area (Å²) in [6.07, 6.45) is 1.95. The number of carbonyl (C=O) groups excluding carboxylic acids is 1. The Labute approximate surface area is 151 Å². The lowest BCUT2D eigenvalue weighted by molar-refractivity contribution is 0.0235. The SMILES string of the molecule is CCOc1ccc(C(C)NCCN(C(=O)OC(C)(C)C)C2CC2)cc1. The Morgan fingerprint density at radius 3 is 2.44 bits per heavy atom. The minimum absolute atomic E-state index is 0.203. The predicted octanol–water partition coefficient (Wildman–Crippen LogP) is 4.14. The number of hydrogen-bond acceptors (Lipinski definition) is 4. The molecule has 0 aromatic heterocycles. The van der Waals surface area contributed by atoms with E-state index >= 15 is 0 Å². The monoisotopic (exact) mass is 348 g/mol. The van der Waals surface area contributed by atoms with Crippen molar-refractivity contribution in [3.8, 4) is 5.75 Å².